The summed E-state index contributed by atoms with van der Waals surface area (Å²) in [4.78, 5) is 0. The number of nitrogens with two attached hydrogens (primary N) is 1. The molecular formula is C13H17F2NO2. The molecule has 0 aliphatic carbocycles. The van der Waals surface area contributed by atoms with Gasteiger partial charge in [0.05, 0.1) is 0 Å². The minimum atomic E-state index is -2.88. The molecule has 1 heterocycles. The van der Waals surface area contributed by atoms with E-state index in [1.54, 1.807) is 0 Å². The Hall–Kier alpha value is -1.36. The number of alkyl halides is 2. The van der Waals surface area contributed by atoms with Crippen LogP contribution in [0.4, 0.5) is 8.78 Å². The third kappa shape index (κ3) is 2.72. The third-order valence-corrected chi connectivity index (χ3v) is 2.88. The molecule has 0 bridgehead atoms. The summed E-state index contributed by atoms with van der Waals surface area (Å²) in [5, 5.41) is 0. The van der Waals surface area contributed by atoms with Gasteiger partial charge in [0.25, 0.3) is 5.92 Å². The fourth-order valence-corrected chi connectivity index (χ4v) is 1.96. The second kappa shape index (κ2) is 5.10. The molecule has 100 valence electrons. The fourth-order valence-electron chi connectivity index (χ4n) is 1.96. The molecule has 0 fully saturated rings. The Kier molecular flexibility index (Phi) is 3.71. The summed E-state index contributed by atoms with van der Waals surface area (Å²) in [6.07, 6.45) is 1.35. The minimum absolute atomic E-state index is 0.0428. The van der Waals surface area contributed by atoms with Gasteiger partial charge in [-0.15, -0.1) is 0 Å². The lowest BCUT2D eigenvalue weighted by Crippen LogP contribution is -2.18. The predicted molar refractivity (Wildman–Crippen MR) is 64.4 cm³/mol. The smallest absolute Gasteiger partial charge is 0.270 e. The molecule has 2 rings (SSSR count). The number of rotatable bonds is 4. The molecule has 18 heavy (non-hydrogen) atoms. The summed E-state index contributed by atoms with van der Waals surface area (Å²) in [5.74, 6) is -1.89. The Labute approximate surface area is 105 Å². The molecule has 0 radical (unpaired) electrons. The molecule has 0 atom stereocenters. The molecule has 1 aliphatic heterocycles. The Morgan fingerprint density at radius 1 is 1.28 bits per heavy atom. The van der Waals surface area contributed by atoms with Crippen molar-refractivity contribution in [3.05, 3.63) is 23.3 Å². The highest BCUT2D eigenvalue weighted by Gasteiger charge is 2.28. The molecule has 0 aromatic heterocycles. The van der Waals surface area contributed by atoms with Gasteiger partial charge in [-0.1, -0.05) is 0 Å². The number of ether oxygens (including phenoxy) is 2. The zero-order valence-electron chi connectivity index (χ0n) is 10.3. The SMILES string of the molecule is CC(F)(F)c1cc(CCCN)c2c(c1)OCCO2. The van der Waals surface area contributed by atoms with Crippen molar-refractivity contribution in [1.29, 1.82) is 0 Å². The summed E-state index contributed by atoms with van der Waals surface area (Å²) in [5.41, 5.74) is 6.16. The molecule has 0 amide bonds. The first kappa shape index (κ1) is 13.1. The van der Waals surface area contributed by atoms with Crippen LogP contribution in [-0.2, 0) is 12.3 Å². The van der Waals surface area contributed by atoms with Crippen molar-refractivity contribution in [2.45, 2.75) is 25.7 Å². The van der Waals surface area contributed by atoms with Gasteiger partial charge >= 0.3 is 0 Å². The fraction of sp³-hybridized carbons (Fsp3) is 0.538. The van der Waals surface area contributed by atoms with Gasteiger partial charge in [0.15, 0.2) is 11.5 Å². The summed E-state index contributed by atoms with van der Waals surface area (Å²) < 4.78 is 37.7. The number of hydrogen-bond donors (Lipinski definition) is 1. The van der Waals surface area contributed by atoms with Gasteiger partial charge in [0.2, 0.25) is 0 Å². The van der Waals surface area contributed by atoms with Crippen molar-refractivity contribution in [3.8, 4) is 11.5 Å². The van der Waals surface area contributed by atoms with Crippen LogP contribution in [0.1, 0.15) is 24.5 Å². The molecule has 2 N–H and O–H groups in total. The number of aryl methyl sites for hydroxylation is 1. The van der Waals surface area contributed by atoms with Gasteiger partial charge in [-0.25, -0.2) is 8.78 Å². The number of benzene rings is 1. The van der Waals surface area contributed by atoms with E-state index in [0.29, 0.717) is 37.7 Å². The second-order valence-electron chi connectivity index (χ2n) is 4.44. The quantitative estimate of drug-likeness (QED) is 0.901. The van der Waals surface area contributed by atoms with E-state index in [4.69, 9.17) is 15.2 Å². The van der Waals surface area contributed by atoms with E-state index in [1.807, 2.05) is 0 Å². The zero-order valence-corrected chi connectivity index (χ0v) is 10.3. The van der Waals surface area contributed by atoms with Crippen LogP contribution in [0.5, 0.6) is 11.5 Å². The lowest BCUT2D eigenvalue weighted by atomic mass is 10.0. The first-order valence-electron chi connectivity index (χ1n) is 6.03. The Morgan fingerprint density at radius 2 is 2.00 bits per heavy atom. The first-order valence-corrected chi connectivity index (χ1v) is 6.03. The molecule has 0 saturated carbocycles. The molecule has 0 unspecified atom stereocenters. The average molecular weight is 257 g/mol. The van der Waals surface area contributed by atoms with Crippen molar-refractivity contribution >= 4 is 0 Å². The largest absolute Gasteiger partial charge is 0.486 e. The van der Waals surface area contributed by atoms with Crippen molar-refractivity contribution in [3.63, 3.8) is 0 Å². The van der Waals surface area contributed by atoms with Crippen LogP contribution >= 0.6 is 0 Å². The van der Waals surface area contributed by atoms with Gasteiger partial charge in [-0.2, -0.15) is 0 Å². The van der Waals surface area contributed by atoms with Crippen molar-refractivity contribution in [1.82, 2.24) is 0 Å². The topological polar surface area (TPSA) is 44.5 Å². The van der Waals surface area contributed by atoms with Crippen LogP contribution in [0.2, 0.25) is 0 Å². The Morgan fingerprint density at radius 3 is 2.67 bits per heavy atom. The molecule has 3 nitrogen and oxygen atoms in total. The van der Waals surface area contributed by atoms with Crippen molar-refractivity contribution in [2.75, 3.05) is 19.8 Å². The Bertz CT molecular complexity index is 430. The molecule has 0 saturated heterocycles. The highest BCUT2D eigenvalue weighted by molar-refractivity contribution is 5.51. The van der Waals surface area contributed by atoms with E-state index in [0.717, 1.165) is 18.9 Å². The summed E-state index contributed by atoms with van der Waals surface area (Å²) in [6.45, 7) is 2.24. The zero-order chi connectivity index (χ0) is 13.2. The summed E-state index contributed by atoms with van der Waals surface area (Å²) >= 11 is 0. The average Bonchev–Trinajstić information content (AvgIpc) is 2.34. The summed E-state index contributed by atoms with van der Waals surface area (Å²) in [6, 6.07) is 2.85. The molecule has 5 heteroatoms. The van der Waals surface area contributed by atoms with Crippen molar-refractivity contribution < 1.29 is 18.3 Å². The number of fused-ring (bicyclic) bond motifs is 1. The Balaban J connectivity index is 2.41. The minimum Gasteiger partial charge on any atom is -0.486 e. The van der Waals surface area contributed by atoms with Gasteiger partial charge < -0.3 is 15.2 Å². The van der Waals surface area contributed by atoms with Crippen LogP contribution in [0, 0.1) is 0 Å². The lowest BCUT2D eigenvalue weighted by molar-refractivity contribution is 0.0168. The second-order valence-corrected chi connectivity index (χ2v) is 4.44. The highest BCUT2D eigenvalue weighted by atomic mass is 19.3. The van der Waals surface area contributed by atoms with Crippen LogP contribution in [0.25, 0.3) is 0 Å². The van der Waals surface area contributed by atoms with E-state index in [-0.39, 0.29) is 5.56 Å². The molecule has 1 aromatic carbocycles. The lowest BCUT2D eigenvalue weighted by Gasteiger charge is -2.23. The molecule has 1 aromatic rings. The maximum atomic E-state index is 13.4. The van der Waals surface area contributed by atoms with E-state index in [2.05, 4.69) is 0 Å². The highest BCUT2D eigenvalue weighted by Crippen LogP contribution is 2.40. The van der Waals surface area contributed by atoms with Crippen LogP contribution in [0.3, 0.4) is 0 Å². The summed E-state index contributed by atoms with van der Waals surface area (Å²) in [7, 11) is 0. The molecule has 0 spiro atoms. The monoisotopic (exact) mass is 257 g/mol. The molecular weight excluding hydrogens is 240 g/mol. The normalized spacial score (nSPS) is 14.7. The van der Waals surface area contributed by atoms with E-state index in [1.165, 1.54) is 12.1 Å². The van der Waals surface area contributed by atoms with Gasteiger partial charge in [-0.3, -0.25) is 0 Å². The first-order chi connectivity index (χ1) is 8.52. The van der Waals surface area contributed by atoms with Crippen molar-refractivity contribution in [2.24, 2.45) is 5.73 Å². The van der Waals surface area contributed by atoms with Gasteiger partial charge in [-0.05, 0) is 37.1 Å². The van der Waals surface area contributed by atoms with E-state index >= 15 is 0 Å². The number of hydrogen-bond acceptors (Lipinski definition) is 3. The maximum Gasteiger partial charge on any atom is 0.270 e. The van der Waals surface area contributed by atoms with Gasteiger partial charge in [0.1, 0.15) is 13.2 Å². The standard InChI is InChI=1S/C13H17F2NO2/c1-13(14,15)10-7-9(3-2-4-16)12-11(8-10)17-5-6-18-12/h7-8H,2-6,16H2,1H3. The third-order valence-electron chi connectivity index (χ3n) is 2.88. The number of halogens is 2. The van der Waals surface area contributed by atoms with Crippen LogP contribution in [0.15, 0.2) is 12.1 Å². The maximum absolute atomic E-state index is 13.4. The van der Waals surface area contributed by atoms with E-state index in [9.17, 15) is 8.78 Å². The van der Waals surface area contributed by atoms with Gasteiger partial charge in [0, 0.05) is 12.5 Å². The predicted octanol–water partition coefficient (Wildman–Crippen LogP) is 2.46. The van der Waals surface area contributed by atoms with Crippen LogP contribution in [-0.4, -0.2) is 19.8 Å². The van der Waals surface area contributed by atoms with Crippen LogP contribution < -0.4 is 15.2 Å². The molecule has 1 aliphatic rings. The van der Waals surface area contributed by atoms with E-state index < -0.39 is 5.92 Å².